The number of nitrogens with two attached hydrogens (primary N) is 1. The molecule has 0 unspecified atom stereocenters. The van der Waals surface area contributed by atoms with E-state index < -0.39 is 0 Å². The molecule has 0 aliphatic carbocycles. The van der Waals surface area contributed by atoms with E-state index in [-0.39, 0.29) is 0 Å². The summed E-state index contributed by atoms with van der Waals surface area (Å²) >= 11 is 0. The van der Waals surface area contributed by atoms with Gasteiger partial charge in [0.1, 0.15) is 0 Å². The van der Waals surface area contributed by atoms with E-state index in [0.717, 1.165) is 19.6 Å². The van der Waals surface area contributed by atoms with Crippen molar-refractivity contribution >= 4 is 0 Å². The van der Waals surface area contributed by atoms with Crippen molar-refractivity contribution < 1.29 is 0 Å². The lowest BCUT2D eigenvalue weighted by Gasteiger charge is -2.12. The molecule has 15 heavy (non-hydrogen) atoms. The molecule has 0 saturated heterocycles. The van der Waals surface area contributed by atoms with Crippen LogP contribution in [-0.4, -0.2) is 32.1 Å². The molecule has 3 heteroatoms. The summed E-state index contributed by atoms with van der Waals surface area (Å²) in [5.74, 6) is 0. The van der Waals surface area contributed by atoms with E-state index in [1.165, 1.54) is 11.1 Å². The fourth-order valence-corrected chi connectivity index (χ4v) is 1.45. The highest BCUT2D eigenvalue weighted by Crippen LogP contribution is 2.06. The molecule has 0 aliphatic rings. The largest absolute Gasteiger partial charge is 0.326 e. The zero-order chi connectivity index (χ0) is 11.1. The summed E-state index contributed by atoms with van der Waals surface area (Å²) in [4.78, 5) is 2.17. The molecule has 0 aromatic heterocycles. The number of hydrogen-bond donors (Lipinski definition) is 2. The molecule has 0 atom stereocenters. The van der Waals surface area contributed by atoms with E-state index in [9.17, 15) is 0 Å². The first-order valence-corrected chi connectivity index (χ1v) is 5.36. The molecular weight excluding hydrogens is 186 g/mol. The minimum atomic E-state index is 0.617. The number of nitrogens with one attached hydrogen (secondary N) is 1. The van der Waals surface area contributed by atoms with Gasteiger partial charge in [0.05, 0.1) is 0 Å². The summed E-state index contributed by atoms with van der Waals surface area (Å²) < 4.78 is 0. The predicted molar refractivity (Wildman–Crippen MR) is 64.6 cm³/mol. The highest BCUT2D eigenvalue weighted by Gasteiger charge is 1.98. The molecule has 1 aromatic rings. The minimum absolute atomic E-state index is 0.617. The smallest absolute Gasteiger partial charge is 0.0209 e. The lowest BCUT2D eigenvalue weighted by atomic mass is 10.1. The molecule has 0 aliphatic heterocycles. The van der Waals surface area contributed by atoms with E-state index in [1.807, 2.05) is 6.07 Å². The minimum Gasteiger partial charge on any atom is -0.326 e. The van der Waals surface area contributed by atoms with E-state index in [1.54, 1.807) is 0 Å². The molecule has 0 fully saturated rings. The average Bonchev–Trinajstić information content (AvgIpc) is 2.24. The summed E-state index contributed by atoms with van der Waals surface area (Å²) in [6.07, 6.45) is 0. The molecule has 1 rings (SSSR count). The van der Waals surface area contributed by atoms with Crippen LogP contribution in [-0.2, 0) is 13.1 Å². The Kier molecular flexibility index (Phi) is 5.32. The van der Waals surface area contributed by atoms with E-state index in [0.29, 0.717) is 6.54 Å². The van der Waals surface area contributed by atoms with Gasteiger partial charge in [-0.3, -0.25) is 0 Å². The maximum atomic E-state index is 5.67. The summed E-state index contributed by atoms with van der Waals surface area (Å²) in [6.45, 7) is 3.59. The van der Waals surface area contributed by atoms with Gasteiger partial charge < -0.3 is 16.0 Å². The molecule has 0 amide bonds. The highest BCUT2D eigenvalue weighted by atomic mass is 15.1. The second-order valence-corrected chi connectivity index (χ2v) is 3.95. The second-order valence-electron chi connectivity index (χ2n) is 3.95. The first-order chi connectivity index (χ1) is 7.24. The normalized spacial score (nSPS) is 10.9. The van der Waals surface area contributed by atoms with Crippen molar-refractivity contribution in [3.05, 3.63) is 35.4 Å². The summed E-state index contributed by atoms with van der Waals surface area (Å²) in [5, 5.41) is 3.41. The monoisotopic (exact) mass is 207 g/mol. The molecule has 0 radical (unpaired) electrons. The van der Waals surface area contributed by atoms with Crippen LogP contribution >= 0.6 is 0 Å². The van der Waals surface area contributed by atoms with Crippen LogP contribution in [0.15, 0.2) is 24.3 Å². The van der Waals surface area contributed by atoms with Gasteiger partial charge in [-0.1, -0.05) is 24.3 Å². The van der Waals surface area contributed by atoms with Crippen molar-refractivity contribution in [2.45, 2.75) is 13.1 Å². The Bertz CT molecular complexity index is 284. The summed E-state index contributed by atoms with van der Waals surface area (Å²) in [6, 6.07) is 8.31. The van der Waals surface area contributed by atoms with Gasteiger partial charge in [0.15, 0.2) is 0 Å². The first kappa shape index (κ1) is 12.2. The number of hydrogen-bond acceptors (Lipinski definition) is 3. The molecule has 0 bridgehead atoms. The Hall–Kier alpha value is -0.900. The van der Waals surface area contributed by atoms with Crippen LogP contribution in [0.2, 0.25) is 0 Å². The fourth-order valence-electron chi connectivity index (χ4n) is 1.45. The SMILES string of the molecule is CN(C)CCNCc1ccccc1CN. The van der Waals surface area contributed by atoms with Crippen LogP contribution in [0.25, 0.3) is 0 Å². The zero-order valence-corrected chi connectivity index (χ0v) is 9.66. The van der Waals surface area contributed by atoms with Gasteiger partial charge in [0.2, 0.25) is 0 Å². The molecule has 3 N–H and O–H groups in total. The van der Waals surface area contributed by atoms with Crippen LogP contribution in [0, 0.1) is 0 Å². The third kappa shape index (κ3) is 4.42. The van der Waals surface area contributed by atoms with Gasteiger partial charge in [0.25, 0.3) is 0 Å². The van der Waals surface area contributed by atoms with Crippen LogP contribution < -0.4 is 11.1 Å². The molecule has 0 heterocycles. The second kappa shape index (κ2) is 6.56. The number of likely N-dealkylation sites (N-methyl/N-ethyl adjacent to an activating group) is 1. The summed E-state index contributed by atoms with van der Waals surface area (Å²) in [7, 11) is 4.16. The maximum absolute atomic E-state index is 5.67. The number of nitrogens with zero attached hydrogens (tertiary/aromatic N) is 1. The van der Waals surface area contributed by atoms with Gasteiger partial charge in [-0.2, -0.15) is 0 Å². The first-order valence-electron chi connectivity index (χ1n) is 5.36. The lowest BCUT2D eigenvalue weighted by molar-refractivity contribution is 0.400. The Morgan fingerprint density at radius 3 is 2.47 bits per heavy atom. The third-order valence-electron chi connectivity index (χ3n) is 2.39. The van der Waals surface area contributed by atoms with Gasteiger partial charge in [-0.05, 0) is 25.2 Å². The molecule has 0 spiro atoms. The fraction of sp³-hybridized carbons (Fsp3) is 0.500. The Balaban J connectivity index is 2.36. The lowest BCUT2D eigenvalue weighted by Crippen LogP contribution is -2.26. The molecule has 3 nitrogen and oxygen atoms in total. The standard InChI is InChI=1S/C12H21N3/c1-15(2)8-7-14-10-12-6-4-3-5-11(12)9-13/h3-6,14H,7-10,13H2,1-2H3. The van der Waals surface area contributed by atoms with Crippen LogP contribution in [0.3, 0.4) is 0 Å². The predicted octanol–water partition coefficient (Wildman–Crippen LogP) is 0.796. The van der Waals surface area contributed by atoms with Crippen molar-refractivity contribution in [2.75, 3.05) is 27.2 Å². The van der Waals surface area contributed by atoms with E-state index in [4.69, 9.17) is 5.73 Å². The summed E-state index contributed by atoms with van der Waals surface area (Å²) in [5.41, 5.74) is 8.20. The van der Waals surface area contributed by atoms with Gasteiger partial charge in [-0.25, -0.2) is 0 Å². The molecule has 1 aromatic carbocycles. The number of benzene rings is 1. The van der Waals surface area contributed by atoms with Crippen molar-refractivity contribution in [1.29, 1.82) is 0 Å². The zero-order valence-electron chi connectivity index (χ0n) is 9.66. The van der Waals surface area contributed by atoms with Crippen molar-refractivity contribution in [3.8, 4) is 0 Å². The topological polar surface area (TPSA) is 41.3 Å². The highest BCUT2D eigenvalue weighted by molar-refractivity contribution is 5.26. The van der Waals surface area contributed by atoms with Crippen molar-refractivity contribution in [2.24, 2.45) is 5.73 Å². The third-order valence-corrected chi connectivity index (χ3v) is 2.39. The Labute approximate surface area is 92.3 Å². The molecule has 0 saturated carbocycles. The van der Waals surface area contributed by atoms with E-state index in [2.05, 4.69) is 42.5 Å². The number of rotatable bonds is 6. The quantitative estimate of drug-likeness (QED) is 0.678. The van der Waals surface area contributed by atoms with Gasteiger partial charge >= 0.3 is 0 Å². The Morgan fingerprint density at radius 2 is 1.87 bits per heavy atom. The molecular formula is C12H21N3. The van der Waals surface area contributed by atoms with Crippen LogP contribution in [0.5, 0.6) is 0 Å². The van der Waals surface area contributed by atoms with Crippen molar-refractivity contribution in [1.82, 2.24) is 10.2 Å². The average molecular weight is 207 g/mol. The van der Waals surface area contributed by atoms with Crippen LogP contribution in [0.4, 0.5) is 0 Å². The van der Waals surface area contributed by atoms with Gasteiger partial charge in [-0.15, -0.1) is 0 Å². The van der Waals surface area contributed by atoms with Crippen molar-refractivity contribution in [3.63, 3.8) is 0 Å². The van der Waals surface area contributed by atoms with Gasteiger partial charge in [0, 0.05) is 26.2 Å². The maximum Gasteiger partial charge on any atom is 0.0209 e. The Morgan fingerprint density at radius 1 is 1.20 bits per heavy atom. The van der Waals surface area contributed by atoms with E-state index >= 15 is 0 Å². The van der Waals surface area contributed by atoms with Crippen LogP contribution in [0.1, 0.15) is 11.1 Å². The molecule has 84 valence electrons.